The lowest BCUT2D eigenvalue weighted by Gasteiger charge is -2.25. The summed E-state index contributed by atoms with van der Waals surface area (Å²) < 4.78 is 16.8. The summed E-state index contributed by atoms with van der Waals surface area (Å²) in [7, 11) is 3.39. The third-order valence-corrected chi connectivity index (χ3v) is 5.04. The normalized spacial score (nSPS) is 15.8. The van der Waals surface area contributed by atoms with Crippen molar-refractivity contribution in [2.75, 3.05) is 20.8 Å². The predicted molar refractivity (Wildman–Crippen MR) is 114 cm³/mol. The van der Waals surface area contributed by atoms with Crippen LogP contribution in [0.4, 0.5) is 0 Å². The highest BCUT2D eigenvalue weighted by atomic mass is 35.5. The molecule has 0 aliphatic carbocycles. The number of methoxy groups -OCH3 is 2. The summed E-state index contributed by atoms with van der Waals surface area (Å²) in [6.45, 7) is 4.95. The molecule has 2 heterocycles. The van der Waals surface area contributed by atoms with Gasteiger partial charge in [-0.05, 0) is 61.7 Å². The lowest BCUT2D eigenvalue weighted by atomic mass is 9.94. The topological polar surface area (TPSA) is 55.5 Å². The first kappa shape index (κ1) is 20.4. The molecule has 28 heavy (non-hydrogen) atoms. The van der Waals surface area contributed by atoms with Crippen molar-refractivity contribution in [2.45, 2.75) is 32.4 Å². The van der Waals surface area contributed by atoms with Gasteiger partial charge in [-0.25, -0.2) is 0 Å². The van der Waals surface area contributed by atoms with Gasteiger partial charge in [0.05, 0.1) is 26.4 Å². The number of aromatic amines is 1. The Morgan fingerprint density at radius 3 is 2.54 bits per heavy atom. The molecule has 0 radical (unpaired) electrons. The molecule has 3 aromatic rings. The number of halogens is 1. The summed E-state index contributed by atoms with van der Waals surface area (Å²) >= 11 is 0. The van der Waals surface area contributed by atoms with Crippen LogP contribution in [0.25, 0.3) is 10.9 Å². The van der Waals surface area contributed by atoms with Gasteiger partial charge in [-0.3, -0.25) is 0 Å². The van der Waals surface area contributed by atoms with Gasteiger partial charge in [0.2, 0.25) is 0 Å². The van der Waals surface area contributed by atoms with Crippen molar-refractivity contribution in [3.05, 3.63) is 53.2 Å². The lowest BCUT2D eigenvalue weighted by molar-refractivity contribution is 0.230. The van der Waals surface area contributed by atoms with Crippen LogP contribution in [0.15, 0.2) is 36.4 Å². The highest BCUT2D eigenvalue weighted by Crippen LogP contribution is 2.38. The van der Waals surface area contributed by atoms with Gasteiger partial charge in [-0.1, -0.05) is 6.07 Å². The van der Waals surface area contributed by atoms with Crippen LogP contribution in [-0.2, 0) is 6.42 Å². The molecule has 2 aromatic carbocycles. The average Bonchev–Trinajstić information content (AvgIpc) is 3.05. The Morgan fingerprint density at radius 1 is 1.00 bits per heavy atom. The first-order valence-electron chi connectivity index (χ1n) is 9.37. The SMILES string of the molecule is COc1ccc2[nH]c3c(c2c1)CCNC3c1ccc(OC(C)C)c(OC)c1.Cl. The van der Waals surface area contributed by atoms with E-state index in [1.165, 1.54) is 16.6 Å². The Labute approximate surface area is 171 Å². The minimum absolute atomic E-state index is 0. The number of H-pyrrole nitrogens is 1. The maximum absolute atomic E-state index is 5.85. The fourth-order valence-corrected chi connectivity index (χ4v) is 3.83. The van der Waals surface area contributed by atoms with E-state index in [0.29, 0.717) is 0 Å². The first-order valence-corrected chi connectivity index (χ1v) is 9.37. The van der Waals surface area contributed by atoms with Crippen LogP contribution in [0.3, 0.4) is 0 Å². The Hall–Kier alpha value is -2.37. The average molecular weight is 403 g/mol. The second-order valence-corrected chi connectivity index (χ2v) is 7.14. The summed E-state index contributed by atoms with van der Waals surface area (Å²) in [4.78, 5) is 3.61. The zero-order chi connectivity index (χ0) is 19.0. The van der Waals surface area contributed by atoms with Gasteiger partial charge in [0.25, 0.3) is 0 Å². The molecule has 4 rings (SSSR count). The molecule has 0 saturated carbocycles. The molecular weight excluding hydrogens is 376 g/mol. The fraction of sp³-hybridized carbons (Fsp3) is 0.364. The summed E-state index contributed by atoms with van der Waals surface area (Å²) in [5.41, 5.74) is 4.86. The van der Waals surface area contributed by atoms with E-state index in [1.54, 1.807) is 14.2 Å². The summed E-state index contributed by atoms with van der Waals surface area (Å²) in [6, 6.07) is 12.5. The van der Waals surface area contributed by atoms with Crippen LogP contribution in [-0.4, -0.2) is 31.9 Å². The maximum Gasteiger partial charge on any atom is 0.161 e. The van der Waals surface area contributed by atoms with Crippen molar-refractivity contribution in [3.63, 3.8) is 0 Å². The van der Waals surface area contributed by atoms with Crippen LogP contribution in [0.5, 0.6) is 17.2 Å². The number of hydrogen-bond donors (Lipinski definition) is 2. The molecule has 0 bridgehead atoms. The molecule has 1 atom stereocenters. The van der Waals surface area contributed by atoms with Gasteiger partial charge < -0.3 is 24.5 Å². The number of rotatable bonds is 5. The van der Waals surface area contributed by atoms with E-state index in [1.807, 2.05) is 26.0 Å². The van der Waals surface area contributed by atoms with E-state index in [9.17, 15) is 0 Å². The number of ether oxygens (including phenoxy) is 3. The second kappa shape index (κ2) is 8.33. The monoisotopic (exact) mass is 402 g/mol. The molecule has 0 fully saturated rings. The highest BCUT2D eigenvalue weighted by Gasteiger charge is 2.26. The summed E-state index contributed by atoms with van der Waals surface area (Å²) in [5.74, 6) is 2.41. The van der Waals surface area contributed by atoms with Crippen molar-refractivity contribution in [3.8, 4) is 17.2 Å². The Balaban J connectivity index is 0.00000225. The largest absolute Gasteiger partial charge is 0.497 e. The molecule has 0 amide bonds. The molecule has 6 heteroatoms. The van der Waals surface area contributed by atoms with E-state index >= 15 is 0 Å². The van der Waals surface area contributed by atoms with Crippen molar-refractivity contribution >= 4 is 23.3 Å². The fourth-order valence-electron chi connectivity index (χ4n) is 3.83. The van der Waals surface area contributed by atoms with E-state index in [0.717, 1.165) is 41.3 Å². The highest BCUT2D eigenvalue weighted by molar-refractivity contribution is 5.86. The van der Waals surface area contributed by atoms with E-state index in [4.69, 9.17) is 14.2 Å². The van der Waals surface area contributed by atoms with E-state index in [-0.39, 0.29) is 24.6 Å². The van der Waals surface area contributed by atoms with Gasteiger partial charge >= 0.3 is 0 Å². The molecule has 1 aliphatic rings. The number of hydrogen-bond acceptors (Lipinski definition) is 4. The van der Waals surface area contributed by atoms with Crippen LogP contribution in [0.1, 0.15) is 36.7 Å². The molecular formula is C22H27ClN2O3. The van der Waals surface area contributed by atoms with Gasteiger partial charge in [-0.15, -0.1) is 12.4 Å². The van der Waals surface area contributed by atoms with Gasteiger partial charge in [-0.2, -0.15) is 0 Å². The number of fused-ring (bicyclic) bond motifs is 3. The molecule has 0 spiro atoms. The third-order valence-electron chi connectivity index (χ3n) is 5.04. The Morgan fingerprint density at radius 2 is 1.82 bits per heavy atom. The minimum atomic E-state index is 0. The van der Waals surface area contributed by atoms with Gasteiger partial charge in [0, 0.05) is 23.1 Å². The summed E-state index contributed by atoms with van der Waals surface area (Å²) in [5, 5.41) is 4.87. The second-order valence-electron chi connectivity index (χ2n) is 7.14. The van der Waals surface area contributed by atoms with Crippen LogP contribution in [0.2, 0.25) is 0 Å². The molecule has 150 valence electrons. The zero-order valence-electron chi connectivity index (χ0n) is 16.7. The Bertz CT molecular complexity index is 968. The third kappa shape index (κ3) is 3.64. The summed E-state index contributed by atoms with van der Waals surface area (Å²) in [6.07, 6.45) is 1.10. The van der Waals surface area contributed by atoms with Crippen LogP contribution >= 0.6 is 12.4 Å². The molecule has 2 N–H and O–H groups in total. The quantitative estimate of drug-likeness (QED) is 0.653. The zero-order valence-corrected chi connectivity index (χ0v) is 17.5. The maximum atomic E-state index is 5.85. The van der Waals surface area contributed by atoms with E-state index < -0.39 is 0 Å². The van der Waals surface area contributed by atoms with Crippen LogP contribution < -0.4 is 19.5 Å². The first-order chi connectivity index (χ1) is 13.1. The van der Waals surface area contributed by atoms with Crippen molar-refractivity contribution in [1.29, 1.82) is 0 Å². The van der Waals surface area contributed by atoms with Crippen molar-refractivity contribution in [2.24, 2.45) is 0 Å². The molecule has 0 saturated heterocycles. The van der Waals surface area contributed by atoms with Crippen molar-refractivity contribution in [1.82, 2.24) is 10.3 Å². The standard InChI is InChI=1S/C22H26N2O3.ClH/c1-13(2)27-19-8-5-14(11-20(19)26-4)21-22-16(9-10-23-21)17-12-15(25-3)6-7-18(17)24-22;/h5-8,11-13,21,23-24H,9-10H2,1-4H3;1H. The van der Waals surface area contributed by atoms with Crippen molar-refractivity contribution < 1.29 is 14.2 Å². The lowest BCUT2D eigenvalue weighted by Crippen LogP contribution is -2.30. The number of nitrogens with one attached hydrogen (secondary N) is 2. The molecule has 1 unspecified atom stereocenters. The molecule has 5 nitrogen and oxygen atoms in total. The Kier molecular flexibility index (Phi) is 6.06. The van der Waals surface area contributed by atoms with Crippen LogP contribution in [0, 0.1) is 0 Å². The smallest absolute Gasteiger partial charge is 0.161 e. The predicted octanol–water partition coefficient (Wildman–Crippen LogP) is 4.63. The molecule has 1 aliphatic heterocycles. The minimum Gasteiger partial charge on any atom is -0.497 e. The van der Waals surface area contributed by atoms with Gasteiger partial charge in [0.15, 0.2) is 11.5 Å². The number of benzene rings is 2. The molecule has 1 aromatic heterocycles. The number of aromatic nitrogens is 1. The van der Waals surface area contributed by atoms with Gasteiger partial charge in [0.1, 0.15) is 5.75 Å². The van der Waals surface area contributed by atoms with E-state index in [2.05, 4.69) is 34.6 Å².